The molecular weight excluding hydrogens is 256 g/mol. The predicted octanol–water partition coefficient (Wildman–Crippen LogP) is 6.16. The Morgan fingerprint density at radius 3 is 2.33 bits per heavy atom. The molecule has 2 aliphatic carbocycles. The van der Waals surface area contributed by atoms with E-state index in [1.165, 1.54) is 89.8 Å². The Balaban J connectivity index is 1.59. The van der Waals surface area contributed by atoms with Crippen LogP contribution in [-0.2, 0) is 4.79 Å². The maximum Gasteiger partial charge on any atom is 0.123 e. The van der Waals surface area contributed by atoms with Crippen LogP contribution in [0.2, 0.25) is 0 Å². The normalized spacial score (nSPS) is 33.8. The summed E-state index contributed by atoms with van der Waals surface area (Å²) >= 11 is 0. The minimum atomic E-state index is 0.391. The second kappa shape index (κ2) is 9.64. The third-order valence-corrected chi connectivity index (χ3v) is 6.17. The van der Waals surface area contributed by atoms with Gasteiger partial charge >= 0.3 is 0 Å². The number of carbonyl (C=O) groups excluding carboxylic acids is 1. The number of carbonyl (C=O) groups is 1. The van der Waals surface area contributed by atoms with Gasteiger partial charge in [0.25, 0.3) is 0 Å². The molecule has 2 aliphatic rings. The maximum atomic E-state index is 11.1. The molecule has 0 heterocycles. The van der Waals surface area contributed by atoms with Crippen LogP contribution in [0.1, 0.15) is 96.8 Å². The van der Waals surface area contributed by atoms with Crippen molar-refractivity contribution in [2.24, 2.45) is 23.7 Å². The highest BCUT2D eigenvalue weighted by Crippen LogP contribution is 2.36. The fourth-order valence-electron chi connectivity index (χ4n) is 4.95. The Morgan fingerprint density at radius 2 is 1.57 bits per heavy atom. The summed E-state index contributed by atoms with van der Waals surface area (Å²) in [7, 11) is 0. The summed E-state index contributed by atoms with van der Waals surface area (Å²) in [6.07, 6.45) is 20.7. The van der Waals surface area contributed by atoms with E-state index in [4.69, 9.17) is 0 Å². The number of unbranched alkanes of at least 4 members (excludes halogenated alkanes) is 1. The lowest BCUT2D eigenvalue weighted by atomic mass is 9.76. The first kappa shape index (κ1) is 17.0. The van der Waals surface area contributed by atoms with Crippen molar-refractivity contribution >= 4 is 6.29 Å². The monoisotopic (exact) mass is 292 g/mol. The molecule has 0 radical (unpaired) electrons. The van der Waals surface area contributed by atoms with Crippen LogP contribution in [0, 0.1) is 23.7 Å². The van der Waals surface area contributed by atoms with Crippen LogP contribution in [-0.4, -0.2) is 6.29 Å². The lowest BCUT2D eigenvalue weighted by Crippen LogP contribution is -2.20. The van der Waals surface area contributed by atoms with Gasteiger partial charge in [-0.25, -0.2) is 0 Å². The van der Waals surface area contributed by atoms with Gasteiger partial charge in [0.2, 0.25) is 0 Å². The van der Waals surface area contributed by atoms with Crippen molar-refractivity contribution in [2.75, 3.05) is 0 Å². The third kappa shape index (κ3) is 5.75. The standard InChI is InChI=1S/C20H36O/c1-2-8-17-10-7-11-18(15-17)9-3-4-12-19-13-5-6-14-20(19)16-21/h16-20H,2-15H2,1H3. The summed E-state index contributed by atoms with van der Waals surface area (Å²) < 4.78 is 0. The molecular formula is C20H36O. The molecule has 0 spiro atoms. The molecule has 0 saturated heterocycles. The molecule has 0 N–H and O–H groups in total. The van der Waals surface area contributed by atoms with E-state index in [0.29, 0.717) is 5.92 Å². The van der Waals surface area contributed by atoms with Crippen molar-refractivity contribution in [1.82, 2.24) is 0 Å². The first-order chi connectivity index (χ1) is 10.3. The van der Waals surface area contributed by atoms with E-state index >= 15 is 0 Å². The third-order valence-electron chi connectivity index (χ3n) is 6.17. The number of rotatable bonds is 8. The number of aldehydes is 1. The van der Waals surface area contributed by atoms with Crippen LogP contribution in [0.5, 0.6) is 0 Å². The topological polar surface area (TPSA) is 17.1 Å². The van der Waals surface area contributed by atoms with Gasteiger partial charge in [-0.2, -0.15) is 0 Å². The van der Waals surface area contributed by atoms with E-state index in [1.807, 2.05) is 0 Å². The van der Waals surface area contributed by atoms with Gasteiger partial charge < -0.3 is 4.79 Å². The van der Waals surface area contributed by atoms with Crippen LogP contribution in [0.4, 0.5) is 0 Å². The van der Waals surface area contributed by atoms with Crippen molar-refractivity contribution < 1.29 is 4.79 Å². The van der Waals surface area contributed by atoms with E-state index < -0.39 is 0 Å². The average Bonchev–Trinajstić information content (AvgIpc) is 2.53. The highest BCUT2D eigenvalue weighted by Gasteiger charge is 2.24. The summed E-state index contributed by atoms with van der Waals surface area (Å²) in [5.74, 6) is 3.16. The van der Waals surface area contributed by atoms with Crippen LogP contribution in [0.3, 0.4) is 0 Å². The Bertz CT molecular complexity index is 284. The van der Waals surface area contributed by atoms with E-state index in [2.05, 4.69) is 6.92 Å². The van der Waals surface area contributed by atoms with Crippen molar-refractivity contribution in [3.63, 3.8) is 0 Å². The quantitative estimate of drug-likeness (QED) is 0.387. The summed E-state index contributed by atoms with van der Waals surface area (Å²) in [6, 6.07) is 0. The average molecular weight is 293 g/mol. The molecule has 21 heavy (non-hydrogen) atoms. The second-order valence-electron chi connectivity index (χ2n) is 7.82. The fourth-order valence-corrected chi connectivity index (χ4v) is 4.95. The summed E-state index contributed by atoms with van der Waals surface area (Å²) in [5, 5.41) is 0. The van der Waals surface area contributed by atoms with Gasteiger partial charge in [-0.05, 0) is 43.4 Å². The highest BCUT2D eigenvalue weighted by atomic mass is 16.1. The molecule has 4 atom stereocenters. The van der Waals surface area contributed by atoms with Gasteiger partial charge in [0.1, 0.15) is 6.29 Å². The van der Waals surface area contributed by atoms with Crippen molar-refractivity contribution in [3.8, 4) is 0 Å². The van der Waals surface area contributed by atoms with Gasteiger partial charge in [0.05, 0.1) is 0 Å². The van der Waals surface area contributed by atoms with Crippen LogP contribution < -0.4 is 0 Å². The van der Waals surface area contributed by atoms with Gasteiger partial charge in [0.15, 0.2) is 0 Å². The fraction of sp³-hybridized carbons (Fsp3) is 0.950. The van der Waals surface area contributed by atoms with Gasteiger partial charge in [0, 0.05) is 5.92 Å². The Kier molecular flexibility index (Phi) is 7.82. The first-order valence-corrected chi connectivity index (χ1v) is 9.78. The van der Waals surface area contributed by atoms with Gasteiger partial charge in [-0.3, -0.25) is 0 Å². The van der Waals surface area contributed by atoms with E-state index in [-0.39, 0.29) is 0 Å². The molecule has 0 aromatic rings. The maximum absolute atomic E-state index is 11.1. The lowest BCUT2D eigenvalue weighted by molar-refractivity contribution is -0.113. The summed E-state index contributed by atoms with van der Waals surface area (Å²) in [4.78, 5) is 11.1. The Labute approximate surface area is 132 Å². The number of hydrogen-bond acceptors (Lipinski definition) is 1. The zero-order valence-electron chi connectivity index (χ0n) is 14.2. The minimum Gasteiger partial charge on any atom is -0.303 e. The van der Waals surface area contributed by atoms with Gasteiger partial charge in [-0.15, -0.1) is 0 Å². The Hall–Kier alpha value is -0.330. The largest absolute Gasteiger partial charge is 0.303 e. The molecule has 0 aromatic heterocycles. The van der Waals surface area contributed by atoms with Crippen LogP contribution in [0.25, 0.3) is 0 Å². The van der Waals surface area contributed by atoms with Crippen LogP contribution >= 0.6 is 0 Å². The molecule has 2 saturated carbocycles. The minimum absolute atomic E-state index is 0.391. The molecule has 0 bridgehead atoms. The summed E-state index contributed by atoms with van der Waals surface area (Å²) in [6.45, 7) is 2.33. The molecule has 1 heteroatoms. The van der Waals surface area contributed by atoms with Gasteiger partial charge in [-0.1, -0.05) is 71.1 Å². The van der Waals surface area contributed by atoms with Crippen molar-refractivity contribution in [2.45, 2.75) is 96.8 Å². The van der Waals surface area contributed by atoms with Crippen LogP contribution in [0.15, 0.2) is 0 Å². The molecule has 0 amide bonds. The second-order valence-corrected chi connectivity index (χ2v) is 7.82. The van der Waals surface area contributed by atoms with E-state index in [1.54, 1.807) is 0 Å². The Morgan fingerprint density at radius 1 is 0.857 bits per heavy atom. The van der Waals surface area contributed by atoms with Crippen molar-refractivity contribution in [1.29, 1.82) is 0 Å². The number of hydrogen-bond donors (Lipinski definition) is 0. The lowest BCUT2D eigenvalue weighted by Gasteiger charge is -2.30. The van der Waals surface area contributed by atoms with E-state index in [9.17, 15) is 4.79 Å². The summed E-state index contributed by atoms with van der Waals surface area (Å²) in [5.41, 5.74) is 0. The SMILES string of the molecule is CCCC1CCCC(CCCCC2CCCCC2C=O)C1. The van der Waals surface area contributed by atoms with Crippen molar-refractivity contribution in [3.05, 3.63) is 0 Å². The predicted molar refractivity (Wildman–Crippen MR) is 90.3 cm³/mol. The molecule has 122 valence electrons. The van der Waals surface area contributed by atoms with E-state index in [0.717, 1.165) is 24.2 Å². The molecule has 4 unspecified atom stereocenters. The smallest absolute Gasteiger partial charge is 0.123 e. The zero-order valence-corrected chi connectivity index (χ0v) is 14.2. The molecule has 2 fully saturated rings. The zero-order chi connectivity index (χ0) is 14.9. The molecule has 0 aromatic carbocycles. The molecule has 0 aliphatic heterocycles. The molecule has 2 rings (SSSR count). The molecule has 1 nitrogen and oxygen atoms in total. The highest BCUT2D eigenvalue weighted by molar-refractivity contribution is 5.54. The first-order valence-electron chi connectivity index (χ1n) is 9.78.